The van der Waals surface area contributed by atoms with E-state index in [-0.39, 0.29) is 5.56 Å². The summed E-state index contributed by atoms with van der Waals surface area (Å²) in [6.45, 7) is 2.96. The summed E-state index contributed by atoms with van der Waals surface area (Å²) in [6, 6.07) is 11.6. The highest BCUT2D eigenvalue weighted by molar-refractivity contribution is 5.79. The van der Waals surface area contributed by atoms with Gasteiger partial charge in [0.25, 0.3) is 5.56 Å². The fourth-order valence-electron chi connectivity index (χ4n) is 3.83. The molecule has 0 unspecified atom stereocenters. The molecule has 1 aliphatic rings. The van der Waals surface area contributed by atoms with Gasteiger partial charge in [0.1, 0.15) is 5.82 Å². The maximum atomic E-state index is 13.1. The standard InChI is InChI=1S/C21H24N4O/c1-2-24-14-8-11-17(24)15-22-25-20(16-9-4-3-5-10-16)23-19-13-7-6-12-18(19)21(25)26/h6-8,11-16H,2-5,9-10H2,1H3. The lowest BCUT2D eigenvalue weighted by molar-refractivity contribution is 0.416. The monoisotopic (exact) mass is 348 g/mol. The van der Waals surface area contributed by atoms with Gasteiger partial charge < -0.3 is 4.57 Å². The summed E-state index contributed by atoms with van der Waals surface area (Å²) in [5, 5.41) is 5.20. The summed E-state index contributed by atoms with van der Waals surface area (Å²) in [5.74, 6) is 1.11. The molecule has 0 saturated heterocycles. The Labute approximate surface area is 153 Å². The predicted molar refractivity (Wildman–Crippen MR) is 105 cm³/mol. The quantitative estimate of drug-likeness (QED) is 0.665. The largest absolute Gasteiger partial charge is 0.347 e. The number of hydrogen-bond donors (Lipinski definition) is 0. The van der Waals surface area contributed by atoms with Crippen LogP contribution in [0.3, 0.4) is 0 Å². The Morgan fingerprint density at radius 1 is 1.15 bits per heavy atom. The van der Waals surface area contributed by atoms with E-state index < -0.39 is 0 Å². The maximum absolute atomic E-state index is 13.1. The molecule has 5 heteroatoms. The highest BCUT2D eigenvalue weighted by atomic mass is 16.1. The lowest BCUT2D eigenvalue weighted by atomic mass is 9.88. The molecule has 0 atom stereocenters. The first-order chi connectivity index (χ1) is 12.8. The average Bonchev–Trinajstić information content (AvgIpc) is 3.15. The van der Waals surface area contributed by atoms with Gasteiger partial charge in [-0.1, -0.05) is 31.4 Å². The van der Waals surface area contributed by atoms with Crippen LogP contribution in [0.1, 0.15) is 56.5 Å². The van der Waals surface area contributed by atoms with Gasteiger partial charge in [0.15, 0.2) is 0 Å². The van der Waals surface area contributed by atoms with E-state index in [1.807, 2.05) is 42.6 Å². The lowest BCUT2D eigenvalue weighted by Crippen LogP contribution is -2.25. The molecule has 2 heterocycles. The number of nitrogens with zero attached hydrogens (tertiary/aromatic N) is 4. The number of rotatable bonds is 4. The highest BCUT2D eigenvalue weighted by Crippen LogP contribution is 2.31. The minimum atomic E-state index is -0.0815. The Hall–Kier alpha value is -2.69. The van der Waals surface area contributed by atoms with Crippen molar-refractivity contribution in [3.63, 3.8) is 0 Å². The molecule has 0 bridgehead atoms. The van der Waals surface area contributed by atoms with E-state index in [4.69, 9.17) is 4.98 Å². The van der Waals surface area contributed by atoms with Crippen LogP contribution in [-0.2, 0) is 6.54 Å². The summed E-state index contributed by atoms with van der Waals surface area (Å²) in [4.78, 5) is 18.0. The fourth-order valence-corrected chi connectivity index (χ4v) is 3.83. The summed E-state index contributed by atoms with van der Waals surface area (Å²) in [7, 11) is 0. The molecule has 0 N–H and O–H groups in total. The average molecular weight is 348 g/mol. The Morgan fingerprint density at radius 2 is 1.96 bits per heavy atom. The second kappa shape index (κ2) is 7.28. The summed E-state index contributed by atoms with van der Waals surface area (Å²) in [5.41, 5.74) is 1.67. The van der Waals surface area contributed by atoms with E-state index in [1.165, 1.54) is 23.9 Å². The lowest BCUT2D eigenvalue weighted by Gasteiger charge is -2.22. The second-order valence-electron chi connectivity index (χ2n) is 6.90. The third kappa shape index (κ3) is 3.09. The van der Waals surface area contributed by atoms with Gasteiger partial charge in [0, 0.05) is 18.7 Å². The summed E-state index contributed by atoms with van der Waals surface area (Å²) < 4.78 is 3.63. The zero-order valence-electron chi connectivity index (χ0n) is 15.1. The molecule has 1 fully saturated rings. The van der Waals surface area contributed by atoms with Crippen molar-refractivity contribution in [3.8, 4) is 0 Å². The molecule has 3 aromatic rings. The van der Waals surface area contributed by atoms with Crippen molar-refractivity contribution in [1.29, 1.82) is 0 Å². The van der Waals surface area contributed by atoms with Crippen LogP contribution in [0.5, 0.6) is 0 Å². The Bertz CT molecular complexity index is 993. The normalized spacial score (nSPS) is 15.9. The predicted octanol–water partition coefficient (Wildman–Crippen LogP) is 4.15. The van der Waals surface area contributed by atoms with Crippen molar-refractivity contribution in [2.75, 3.05) is 0 Å². The van der Waals surface area contributed by atoms with Crippen molar-refractivity contribution in [3.05, 3.63) is 64.5 Å². The molecular formula is C21H24N4O. The van der Waals surface area contributed by atoms with E-state index in [9.17, 15) is 4.79 Å². The minimum Gasteiger partial charge on any atom is -0.347 e. The minimum absolute atomic E-state index is 0.0815. The molecule has 1 aliphatic carbocycles. The van der Waals surface area contributed by atoms with Gasteiger partial charge in [-0.3, -0.25) is 4.79 Å². The van der Waals surface area contributed by atoms with Crippen molar-refractivity contribution in [2.24, 2.45) is 5.10 Å². The Kier molecular flexibility index (Phi) is 4.69. The van der Waals surface area contributed by atoms with Crippen molar-refractivity contribution in [1.82, 2.24) is 14.2 Å². The van der Waals surface area contributed by atoms with E-state index in [0.29, 0.717) is 11.3 Å². The molecule has 0 radical (unpaired) electrons. The summed E-state index contributed by atoms with van der Waals surface area (Å²) >= 11 is 0. The molecule has 0 spiro atoms. The first-order valence-corrected chi connectivity index (χ1v) is 9.49. The number of aromatic nitrogens is 3. The fraction of sp³-hybridized carbons (Fsp3) is 0.381. The van der Waals surface area contributed by atoms with Gasteiger partial charge in [0.2, 0.25) is 0 Å². The van der Waals surface area contributed by atoms with Crippen LogP contribution in [0.2, 0.25) is 0 Å². The van der Waals surface area contributed by atoms with Crippen LogP contribution in [0, 0.1) is 0 Å². The van der Waals surface area contributed by atoms with Crippen molar-refractivity contribution in [2.45, 2.75) is 51.5 Å². The maximum Gasteiger partial charge on any atom is 0.282 e. The second-order valence-corrected chi connectivity index (χ2v) is 6.90. The van der Waals surface area contributed by atoms with E-state index in [2.05, 4.69) is 16.6 Å². The molecule has 0 aliphatic heterocycles. The third-order valence-corrected chi connectivity index (χ3v) is 5.26. The molecule has 0 amide bonds. The molecule has 134 valence electrons. The van der Waals surface area contributed by atoms with Gasteiger partial charge >= 0.3 is 0 Å². The van der Waals surface area contributed by atoms with E-state index in [0.717, 1.165) is 36.4 Å². The smallest absolute Gasteiger partial charge is 0.282 e. The van der Waals surface area contributed by atoms with Crippen LogP contribution in [0.25, 0.3) is 10.9 Å². The Balaban J connectivity index is 1.85. The highest BCUT2D eigenvalue weighted by Gasteiger charge is 2.22. The van der Waals surface area contributed by atoms with Crippen LogP contribution in [0.15, 0.2) is 52.5 Å². The van der Waals surface area contributed by atoms with Crippen molar-refractivity contribution >= 4 is 17.1 Å². The number of fused-ring (bicyclic) bond motifs is 1. The molecule has 5 nitrogen and oxygen atoms in total. The number of hydrogen-bond acceptors (Lipinski definition) is 3. The number of aryl methyl sites for hydroxylation is 1. The molecule has 1 aromatic carbocycles. The number of para-hydroxylation sites is 1. The third-order valence-electron chi connectivity index (χ3n) is 5.26. The molecule has 26 heavy (non-hydrogen) atoms. The van der Waals surface area contributed by atoms with Gasteiger partial charge in [-0.2, -0.15) is 9.78 Å². The zero-order valence-corrected chi connectivity index (χ0v) is 15.1. The molecule has 2 aromatic heterocycles. The van der Waals surface area contributed by atoms with Gasteiger partial charge in [-0.15, -0.1) is 0 Å². The van der Waals surface area contributed by atoms with E-state index >= 15 is 0 Å². The summed E-state index contributed by atoms with van der Waals surface area (Å²) in [6.07, 6.45) is 9.59. The van der Waals surface area contributed by atoms with Crippen LogP contribution in [0.4, 0.5) is 0 Å². The van der Waals surface area contributed by atoms with Gasteiger partial charge in [-0.05, 0) is 44.0 Å². The Morgan fingerprint density at radius 3 is 2.77 bits per heavy atom. The molecule has 4 rings (SSSR count). The molecular weight excluding hydrogens is 324 g/mol. The van der Waals surface area contributed by atoms with Crippen LogP contribution < -0.4 is 5.56 Å². The van der Waals surface area contributed by atoms with Gasteiger partial charge in [0.05, 0.1) is 22.8 Å². The topological polar surface area (TPSA) is 52.2 Å². The van der Waals surface area contributed by atoms with E-state index in [1.54, 1.807) is 6.21 Å². The van der Waals surface area contributed by atoms with Crippen LogP contribution in [-0.4, -0.2) is 20.4 Å². The van der Waals surface area contributed by atoms with Crippen LogP contribution >= 0.6 is 0 Å². The first kappa shape index (κ1) is 16.8. The SMILES string of the molecule is CCn1cccc1C=Nn1c(C2CCCCC2)nc2ccccc2c1=O. The van der Waals surface area contributed by atoms with Gasteiger partial charge in [-0.25, -0.2) is 4.98 Å². The first-order valence-electron chi connectivity index (χ1n) is 9.49. The van der Waals surface area contributed by atoms with Crippen molar-refractivity contribution < 1.29 is 0 Å². The number of benzene rings is 1. The molecule has 1 saturated carbocycles. The zero-order chi connectivity index (χ0) is 17.9.